The van der Waals surface area contributed by atoms with Gasteiger partial charge in [0, 0.05) is 47.1 Å². The van der Waals surface area contributed by atoms with Gasteiger partial charge in [-0.2, -0.15) is 13.2 Å². The van der Waals surface area contributed by atoms with E-state index in [1.54, 1.807) is 12.4 Å². The number of anilines is 1. The van der Waals surface area contributed by atoms with E-state index in [9.17, 15) is 13.2 Å². The number of aromatic nitrogens is 2. The van der Waals surface area contributed by atoms with Gasteiger partial charge in [0.15, 0.2) is 0 Å². The molecule has 10 heteroatoms. The van der Waals surface area contributed by atoms with Crippen molar-refractivity contribution in [2.75, 3.05) is 18.0 Å². The number of rotatable bonds is 4. The molecule has 0 bridgehead atoms. The predicted octanol–water partition coefficient (Wildman–Crippen LogP) is 4.64. The average Bonchev–Trinajstić information content (AvgIpc) is 3.19. The maximum atomic E-state index is 10.6. The van der Waals surface area contributed by atoms with Gasteiger partial charge in [-0.1, -0.05) is 18.2 Å². The zero-order valence-corrected chi connectivity index (χ0v) is 17.7. The summed E-state index contributed by atoms with van der Waals surface area (Å²) in [5.74, 6) is -1.76. The van der Waals surface area contributed by atoms with Crippen molar-refractivity contribution in [3.8, 4) is 0 Å². The lowest BCUT2D eigenvalue weighted by molar-refractivity contribution is -0.192. The second kappa shape index (κ2) is 10.1. The van der Waals surface area contributed by atoms with Crippen molar-refractivity contribution in [1.29, 1.82) is 0 Å². The van der Waals surface area contributed by atoms with E-state index in [2.05, 4.69) is 57.4 Å². The lowest BCUT2D eigenvalue weighted by Crippen LogP contribution is -2.43. The summed E-state index contributed by atoms with van der Waals surface area (Å²) in [7, 11) is 0. The Balaban J connectivity index is 0.000000339. The summed E-state index contributed by atoms with van der Waals surface area (Å²) in [6, 6.07) is 11.9. The SMILES string of the molecule is CC(NC1CCN(c2cnccn2)CC1)c1cc2ccccc2s1.O=C(O)C(F)(F)F. The summed E-state index contributed by atoms with van der Waals surface area (Å²) in [6.07, 6.45) is 2.55. The molecule has 1 aliphatic heterocycles. The van der Waals surface area contributed by atoms with Gasteiger partial charge in [-0.05, 0) is 37.3 Å². The third-order valence-electron chi connectivity index (χ3n) is 4.97. The monoisotopic (exact) mass is 452 g/mol. The van der Waals surface area contributed by atoms with Crippen LogP contribution in [-0.2, 0) is 4.79 Å². The van der Waals surface area contributed by atoms with Gasteiger partial charge >= 0.3 is 12.1 Å². The minimum atomic E-state index is -5.08. The third kappa shape index (κ3) is 6.38. The molecule has 0 saturated carbocycles. The van der Waals surface area contributed by atoms with Crippen molar-refractivity contribution in [2.24, 2.45) is 0 Å². The molecule has 1 aromatic carbocycles. The minimum Gasteiger partial charge on any atom is -0.475 e. The van der Waals surface area contributed by atoms with Gasteiger partial charge in [0.25, 0.3) is 0 Å². The molecule has 1 fully saturated rings. The van der Waals surface area contributed by atoms with E-state index in [1.165, 1.54) is 15.0 Å². The molecule has 3 heterocycles. The van der Waals surface area contributed by atoms with E-state index in [1.807, 2.05) is 17.5 Å². The Morgan fingerprint density at radius 1 is 1.26 bits per heavy atom. The molecule has 2 N–H and O–H groups in total. The second-order valence-corrected chi connectivity index (χ2v) is 8.32. The van der Waals surface area contributed by atoms with Crippen molar-refractivity contribution < 1.29 is 23.1 Å². The Bertz CT molecular complexity index is 956. The highest BCUT2D eigenvalue weighted by molar-refractivity contribution is 7.19. The lowest BCUT2D eigenvalue weighted by Gasteiger charge is -2.34. The Hall–Kier alpha value is -2.72. The highest BCUT2D eigenvalue weighted by Crippen LogP contribution is 2.30. The van der Waals surface area contributed by atoms with E-state index in [0.29, 0.717) is 12.1 Å². The zero-order valence-electron chi connectivity index (χ0n) is 16.8. The number of nitrogens with zero attached hydrogens (tertiary/aromatic N) is 3. The van der Waals surface area contributed by atoms with E-state index in [0.717, 1.165) is 31.7 Å². The Kier molecular flexibility index (Phi) is 7.45. The van der Waals surface area contributed by atoms with E-state index >= 15 is 0 Å². The molecular formula is C21H23F3N4O2S. The van der Waals surface area contributed by atoms with Crippen LogP contribution in [0.2, 0.25) is 0 Å². The maximum Gasteiger partial charge on any atom is 0.490 e. The zero-order chi connectivity index (χ0) is 22.4. The number of nitrogens with one attached hydrogen (secondary N) is 1. The molecule has 0 spiro atoms. The summed E-state index contributed by atoms with van der Waals surface area (Å²) >= 11 is 1.90. The van der Waals surface area contributed by atoms with Crippen LogP contribution >= 0.6 is 11.3 Å². The van der Waals surface area contributed by atoms with Crippen LogP contribution < -0.4 is 10.2 Å². The van der Waals surface area contributed by atoms with Gasteiger partial charge in [-0.25, -0.2) is 9.78 Å². The summed E-state index contributed by atoms with van der Waals surface area (Å²) < 4.78 is 33.1. The number of halogens is 3. The average molecular weight is 453 g/mol. The van der Waals surface area contributed by atoms with Crippen LogP contribution in [0.1, 0.15) is 30.7 Å². The quantitative estimate of drug-likeness (QED) is 0.600. The molecule has 3 aromatic rings. The normalized spacial score (nSPS) is 15.9. The Morgan fingerprint density at radius 3 is 2.52 bits per heavy atom. The van der Waals surface area contributed by atoms with Crippen molar-refractivity contribution in [1.82, 2.24) is 15.3 Å². The molecule has 0 amide bonds. The van der Waals surface area contributed by atoms with Gasteiger partial charge in [0.2, 0.25) is 0 Å². The molecule has 2 aromatic heterocycles. The van der Waals surface area contributed by atoms with Crippen LogP contribution in [-0.4, -0.2) is 46.4 Å². The fourth-order valence-electron chi connectivity index (χ4n) is 3.38. The number of hydrogen-bond donors (Lipinski definition) is 2. The largest absolute Gasteiger partial charge is 0.490 e. The highest BCUT2D eigenvalue weighted by atomic mass is 32.1. The van der Waals surface area contributed by atoms with E-state index in [4.69, 9.17) is 9.90 Å². The molecule has 0 aliphatic carbocycles. The number of fused-ring (bicyclic) bond motifs is 1. The molecule has 1 atom stereocenters. The number of carboxylic acids is 1. The van der Waals surface area contributed by atoms with Crippen LogP contribution in [0.3, 0.4) is 0 Å². The van der Waals surface area contributed by atoms with Gasteiger partial charge < -0.3 is 15.3 Å². The molecule has 1 unspecified atom stereocenters. The van der Waals surface area contributed by atoms with Crippen molar-refractivity contribution in [3.05, 3.63) is 53.8 Å². The maximum absolute atomic E-state index is 10.6. The Labute approximate surface area is 181 Å². The lowest BCUT2D eigenvalue weighted by atomic mass is 10.0. The molecule has 1 aliphatic rings. The highest BCUT2D eigenvalue weighted by Gasteiger charge is 2.38. The molecular weight excluding hydrogens is 429 g/mol. The first-order valence-electron chi connectivity index (χ1n) is 9.79. The fourth-order valence-corrected chi connectivity index (χ4v) is 4.46. The van der Waals surface area contributed by atoms with E-state index < -0.39 is 12.1 Å². The predicted molar refractivity (Wildman–Crippen MR) is 114 cm³/mol. The summed E-state index contributed by atoms with van der Waals surface area (Å²) in [5.41, 5.74) is 0. The molecule has 31 heavy (non-hydrogen) atoms. The number of alkyl halides is 3. The number of carbonyl (C=O) groups is 1. The van der Waals surface area contributed by atoms with Crippen LogP contribution in [0.5, 0.6) is 0 Å². The second-order valence-electron chi connectivity index (χ2n) is 7.20. The summed E-state index contributed by atoms with van der Waals surface area (Å²) in [6.45, 7) is 4.35. The topological polar surface area (TPSA) is 78.3 Å². The number of hydrogen-bond acceptors (Lipinski definition) is 6. The number of benzene rings is 1. The van der Waals surface area contributed by atoms with Crippen LogP contribution in [0.4, 0.5) is 19.0 Å². The van der Waals surface area contributed by atoms with Gasteiger partial charge in [-0.3, -0.25) is 4.98 Å². The number of piperidine rings is 1. The standard InChI is InChI=1S/C19H22N4S.C2HF3O2/c1-14(18-12-15-4-2-3-5-17(15)24-18)22-16-6-10-23(11-7-16)19-13-20-8-9-21-19;3-2(4,5)1(6)7/h2-5,8-9,12-14,16,22H,6-7,10-11H2,1H3;(H,6,7). The van der Waals surface area contributed by atoms with Gasteiger partial charge in [-0.15, -0.1) is 11.3 Å². The van der Waals surface area contributed by atoms with Crippen molar-refractivity contribution in [3.63, 3.8) is 0 Å². The van der Waals surface area contributed by atoms with Crippen LogP contribution in [0, 0.1) is 0 Å². The third-order valence-corrected chi connectivity index (χ3v) is 6.27. The minimum absolute atomic E-state index is 0.399. The first-order valence-corrected chi connectivity index (χ1v) is 10.6. The van der Waals surface area contributed by atoms with Crippen LogP contribution in [0.15, 0.2) is 48.9 Å². The van der Waals surface area contributed by atoms with E-state index in [-0.39, 0.29) is 0 Å². The van der Waals surface area contributed by atoms with Crippen LogP contribution in [0.25, 0.3) is 10.1 Å². The molecule has 6 nitrogen and oxygen atoms in total. The number of thiophene rings is 1. The summed E-state index contributed by atoms with van der Waals surface area (Å²) in [4.78, 5) is 21.2. The number of carboxylic acid groups (broad SMARTS) is 1. The van der Waals surface area contributed by atoms with Crippen molar-refractivity contribution >= 4 is 33.2 Å². The first-order chi connectivity index (χ1) is 14.7. The van der Waals surface area contributed by atoms with Gasteiger partial charge in [0.1, 0.15) is 5.82 Å². The van der Waals surface area contributed by atoms with Gasteiger partial charge in [0.05, 0.1) is 6.20 Å². The summed E-state index contributed by atoms with van der Waals surface area (Å²) in [5, 5.41) is 12.3. The molecule has 166 valence electrons. The van der Waals surface area contributed by atoms with Crippen molar-refractivity contribution in [2.45, 2.75) is 38.0 Å². The molecule has 0 radical (unpaired) electrons. The first kappa shape index (κ1) is 23.0. The molecule has 4 rings (SSSR count). The fraction of sp³-hybridized carbons (Fsp3) is 0.381. The number of aliphatic carboxylic acids is 1. The molecule has 1 saturated heterocycles. The smallest absolute Gasteiger partial charge is 0.475 e. The Morgan fingerprint density at radius 2 is 1.94 bits per heavy atom.